The zero-order chi connectivity index (χ0) is 9.97. The van der Waals surface area contributed by atoms with Crippen molar-refractivity contribution in [2.75, 3.05) is 18.0 Å². The fourth-order valence-electron chi connectivity index (χ4n) is 1.99. The summed E-state index contributed by atoms with van der Waals surface area (Å²) in [5.41, 5.74) is 1.85. The molecule has 2 rings (SSSR count). The van der Waals surface area contributed by atoms with E-state index < -0.39 is 0 Å². The molecule has 0 saturated carbocycles. The highest BCUT2D eigenvalue weighted by Crippen LogP contribution is 2.22. The van der Waals surface area contributed by atoms with Gasteiger partial charge in [0.15, 0.2) is 0 Å². The summed E-state index contributed by atoms with van der Waals surface area (Å²) in [4.78, 5) is 2.25. The second-order valence-corrected chi connectivity index (χ2v) is 3.82. The van der Waals surface area contributed by atoms with Gasteiger partial charge >= 0.3 is 0 Å². The van der Waals surface area contributed by atoms with Gasteiger partial charge in [-0.25, -0.2) is 4.39 Å². The van der Waals surface area contributed by atoms with E-state index in [1.54, 1.807) is 6.07 Å². The molecule has 1 aromatic carbocycles. The maximum Gasteiger partial charge on any atom is 0.128 e. The summed E-state index contributed by atoms with van der Waals surface area (Å²) in [5, 5.41) is 0. The largest absolute Gasteiger partial charge is 0.371 e. The van der Waals surface area contributed by atoms with Crippen LogP contribution in [0.2, 0.25) is 0 Å². The summed E-state index contributed by atoms with van der Waals surface area (Å²) in [6.07, 6.45) is 3.24. The van der Waals surface area contributed by atoms with Crippen molar-refractivity contribution in [2.45, 2.75) is 26.2 Å². The summed E-state index contributed by atoms with van der Waals surface area (Å²) in [6.45, 7) is 4.13. The van der Waals surface area contributed by atoms with Gasteiger partial charge in [-0.15, -0.1) is 0 Å². The standard InChI is InChI=1S/C12H16FN/c1-2-10-5-6-11(9-12(10)13)14-7-3-4-8-14/h5-6,9H,2-4,7-8H2,1H3. The topological polar surface area (TPSA) is 3.24 Å². The molecule has 0 bridgehead atoms. The number of aryl methyl sites for hydroxylation is 1. The van der Waals surface area contributed by atoms with Gasteiger partial charge < -0.3 is 4.90 Å². The number of rotatable bonds is 2. The van der Waals surface area contributed by atoms with Crippen LogP contribution in [0.5, 0.6) is 0 Å². The highest BCUT2D eigenvalue weighted by Gasteiger charge is 2.13. The lowest BCUT2D eigenvalue weighted by molar-refractivity contribution is 0.611. The normalized spacial score (nSPS) is 16.3. The molecule has 0 aromatic heterocycles. The molecular formula is C12H16FN. The van der Waals surface area contributed by atoms with Crippen molar-refractivity contribution in [3.05, 3.63) is 29.6 Å². The van der Waals surface area contributed by atoms with Gasteiger partial charge in [-0.2, -0.15) is 0 Å². The minimum absolute atomic E-state index is 0.0584. The van der Waals surface area contributed by atoms with Crippen LogP contribution >= 0.6 is 0 Å². The minimum atomic E-state index is -0.0584. The Bertz CT molecular complexity index is 316. The highest BCUT2D eigenvalue weighted by molar-refractivity contribution is 5.48. The Balaban J connectivity index is 2.23. The Kier molecular flexibility index (Phi) is 2.71. The van der Waals surface area contributed by atoms with Gasteiger partial charge in [0.25, 0.3) is 0 Å². The lowest BCUT2D eigenvalue weighted by atomic mass is 10.1. The average Bonchev–Trinajstić information content (AvgIpc) is 2.70. The first kappa shape index (κ1) is 9.50. The summed E-state index contributed by atoms with van der Waals surface area (Å²) in [5.74, 6) is -0.0584. The molecule has 0 unspecified atom stereocenters. The third kappa shape index (κ3) is 1.74. The van der Waals surface area contributed by atoms with Crippen molar-refractivity contribution in [3.8, 4) is 0 Å². The van der Waals surface area contributed by atoms with Crippen LogP contribution in [0.3, 0.4) is 0 Å². The van der Waals surface area contributed by atoms with Crippen molar-refractivity contribution in [3.63, 3.8) is 0 Å². The molecule has 0 amide bonds. The summed E-state index contributed by atoms with van der Waals surface area (Å²) in [7, 11) is 0. The third-order valence-electron chi connectivity index (χ3n) is 2.89. The first-order chi connectivity index (χ1) is 6.81. The molecule has 1 heterocycles. The van der Waals surface area contributed by atoms with Crippen molar-refractivity contribution in [2.24, 2.45) is 0 Å². The molecule has 0 radical (unpaired) electrons. The van der Waals surface area contributed by atoms with Gasteiger partial charge in [-0.3, -0.25) is 0 Å². The quantitative estimate of drug-likeness (QED) is 0.698. The van der Waals surface area contributed by atoms with Crippen LogP contribution in [0.25, 0.3) is 0 Å². The van der Waals surface area contributed by atoms with E-state index in [0.29, 0.717) is 0 Å². The summed E-state index contributed by atoms with van der Waals surface area (Å²) < 4.78 is 13.5. The lowest BCUT2D eigenvalue weighted by Crippen LogP contribution is -2.17. The maximum atomic E-state index is 13.5. The number of nitrogens with zero attached hydrogens (tertiary/aromatic N) is 1. The monoisotopic (exact) mass is 193 g/mol. The number of anilines is 1. The first-order valence-electron chi connectivity index (χ1n) is 5.34. The van der Waals surface area contributed by atoms with E-state index in [9.17, 15) is 4.39 Å². The van der Waals surface area contributed by atoms with Gasteiger partial charge in [-0.05, 0) is 37.0 Å². The predicted molar refractivity (Wildman–Crippen MR) is 57.2 cm³/mol. The first-order valence-corrected chi connectivity index (χ1v) is 5.34. The number of benzene rings is 1. The van der Waals surface area contributed by atoms with Crippen LogP contribution in [0.15, 0.2) is 18.2 Å². The highest BCUT2D eigenvalue weighted by atomic mass is 19.1. The Labute approximate surface area is 84.5 Å². The molecular weight excluding hydrogens is 177 g/mol. The molecule has 76 valence electrons. The van der Waals surface area contributed by atoms with E-state index in [1.807, 2.05) is 19.1 Å². The zero-order valence-corrected chi connectivity index (χ0v) is 8.59. The number of halogens is 1. The van der Waals surface area contributed by atoms with Crippen molar-refractivity contribution >= 4 is 5.69 Å². The third-order valence-corrected chi connectivity index (χ3v) is 2.89. The van der Waals surface area contributed by atoms with Crippen molar-refractivity contribution in [1.29, 1.82) is 0 Å². The van der Waals surface area contributed by atoms with Crippen LogP contribution in [0, 0.1) is 5.82 Å². The predicted octanol–water partition coefficient (Wildman–Crippen LogP) is 2.99. The fourth-order valence-corrected chi connectivity index (χ4v) is 1.99. The van der Waals surface area contributed by atoms with E-state index in [2.05, 4.69) is 4.90 Å². The number of hydrogen-bond acceptors (Lipinski definition) is 1. The van der Waals surface area contributed by atoms with Crippen molar-refractivity contribution in [1.82, 2.24) is 0 Å². The number of hydrogen-bond donors (Lipinski definition) is 0. The second kappa shape index (κ2) is 3.99. The zero-order valence-electron chi connectivity index (χ0n) is 8.59. The fraction of sp³-hybridized carbons (Fsp3) is 0.500. The van der Waals surface area contributed by atoms with Gasteiger partial charge in [0.1, 0.15) is 5.82 Å². The smallest absolute Gasteiger partial charge is 0.128 e. The van der Waals surface area contributed by atoms with Crippen LogP contribution < -0.4 is 4.90 Å². The molecule has 1 nitrogen and oxygen atoms in total. The lowest BCUT2D eigenvalue weighted by Gasteiger charge is -2.18. The Morgan fingerprint density at radius 2 is 2.00 bits per heavy atom. The van der Waals surface area contributed by atoms with E-state index in [1.165, 1.54) is 12.8 Å². The molecule has 1 saturated heterocycles. The van der Waals surface area contributed by atoms with Gasteiger partial charge in [0.2, 0.25) is 0 Å². The maximum absolute atomic E-state index is 13.5. The Hall–Kier alpha value is -1.05. The molecule has 2 heteroatoms. The van der Waals surface area contributed by atoms with Gasteiger partial charge in [-0.1, -0.05) is 13.0 Å². The molecule has 1 fully saturated rings. The van der Waals surface area contributed by atoms with Crippen LogP contribution in [0.1, 0.15) is 25.3 Å². The molecule has 1 aliphatic heterocycles. The van der Waals surface area contributed by atoms with E-state index in [0.717, 1.165) is 30.8 Å². The summed E-state index contributed by atoms with van der Waals surface area (Å²) >= 11 is 0. The molecule has 1 aliphatic rings. The summed E-state index contributed by atoms with van der Waals surface area (Å²) in [6, 6.07) is 5.61. The molecule has 14 heavy (non-hydrogen) atoms. The molecule has 0 aliphatic carbocycles. The minimum Gasteiger partial charge on any atom is -0.371 e. The van der Waals surface area contributed by atoms with Gasteiger partial charge in [0, 0.05) is 18.8 Å². The van der Waals surface area contributed by atoms with E-state index in [4.69, 9.17) is 0 Å². The van der Waals surface area contributed by atoms with Gasteiger partial charge in [0.05, 0.1) is 0 Å². The van der Waals surface area contributed by atoms with Crippen LogP contribution in [-0.2, 0) is 6.42 Å². The Morgan fingerprint density at radius 3 is 2.57 bits per heavy atom. The SMILES string of the molecule is CCc1ccc(N2CCCC2)cc1F. The average molecular weight is 193 g/mol. The molecule has 0 spiro atoms. The molecule has 0 atom stereocenters. The Morgan fingerprint density at radius 1 is 1.29 bits per heavy atom. The van der Waals surface area contributed by atoms with E-state index >= 15 is 0 Å². The van der Waals surface area contributed by atoms with E-state index in [-0.39, 0.29) is 5.82 Å². The molecule has 1 aromatic rings. The van der Waals surface area contributed by atoms with Crippen LogP contribution in [0.4, 0.5) is 10.1 Å². The second-order valence-electron chi connectivity index (χ2n) is 3.82. The van der Waals surface area contributed by atoms with Crippen LogP contribution in [-0.4, -0.2) is 13.1 Å². The van der Waals surface area contributed by atoms with Crippen molar-refractivity contribution < 1.29 is 4.39 Å². The molecule has 0 N–H and O–H groups in total.